The third kappa shape index (κ3) is 3.24. The Hall–Kier alpha value is -1.87. The molecule has 21 heavy (non-hydrogen) atoms. The number of nitrogens with zero attached hydrogens (tertiary/aromatic N) is 2. The summed E-state index contributed by atoms with van der Waals surface area (Å²) >= 11 is 3.52. The molecule has 0 unspecified atom stereocenters. The van der Waals surface area contributed by atoms with Gasteiger partial charge in [-0.25, -0.2) is 4.98 Å². The van der Waals surface area contributed by atoms with Crippen molar-refractivity contribution in [3.63, 3.8) is 0 Å². The zero-order valence-electron chi connectivity index (χ0n) is 12.0. The van der Waals surface area contributed by atoms with E-state index in [9.17, 15) is 0 Å². The molecule has 2 aromatic carbocycles. The molecule has 0 fully saturated rings. The van der Waals surface area contributed by atoms with E-state index in [4.69, 9.17) is 0 Å². The second-order valence-corrected chi connectivity index (χ2v) is 6.03. The van der Waals surface area contributed by atoms with Crippen LogP contribution in [0.2, 0.25) is 0 Å². The molecule has 0 N–H and O–H groups in total. The Morgan fingerprint density at radius 1 is 1.00 bits per heavy atom. The minimum Gasteiger partial charge on any atom is -0.331 e. The third-order valence-corrected chi connectivity index (χ3v) is 4.18. The predicted molar refractivity (Wildman–Crippen MR) is 90.2 cm³/mol. The Morgan fingerprint density at radius 3 is 2.57 bits per heavy atom. The van der Waals surface area contributed by atoms with Gasteiger partial charge >= 0.3 is 0 Å². The minimum atomic E-state index is 0.953. The number of imidazole rings is 1. The summed E-state index contributed by atoms with van der Waals surface area (Å²) in [5.41, 5.74) is 3.69. The summed E-state index contributed by atoms with van der Waals surface area (Å²) in [6.45, 7) is 0. The van der Waals surface area contributed by atoms with Crippen LogP contribution in [0.1, 0.15) is 11.4 Å². The molecule has 3 aromatic rings. The van der Waals surface area contributed by atoms with Gasteiger partial charge in [0.1, 0.15) is 5.82 Å². The van der Waals surface area contributed by atoms with Crippen molar-refractivity contribution >= 4 is 15.9 Å². The molecule has 106 valence electrons. The van der Waals surface area contributed by atoms with Crippen molar-refractivity contribution < 1.29 is 0 Å². The fraction of sp³-hybridized carbons (Fsp3) is 0.167. The van der Waals surface area contributed by atoms with E-state index in [1.165, 1.54) is 11.1 Å². The van der Waals surface area contributed by atoms with Crippen LogP contribution in [0.25, 0.3) is 11.3 Å². The van der Waals surface area contributed by atoms with Crippen LogP contribution in [0, 0.1) is 0 Å². The normalized spacial score (nSPS) is 10.8. The molecule has 0 aliphatic rings. The molecule has 2 nitrogen and oxygen atoms in total. The summed E-state index contributed by atoms with van der Waals surface area (Å²) in [7, 11) is 2.09. The lowest BCUT2D eigenvalue weighted by molar-refractivity contribution is 0.775. The number of rotatable bonds is 4. The van der Waals surface area contributed by atoms with Crippen molar-refractivity contribution in [2.24, 2.45) is 7.05 Å². The predicted octanol–water partition coefficient (Wildman–Crippen LogP) is 4.63. The van der Waals surface area contributed by atoms with E-state index in [1.54, 1.807) is 0 Å². The van der Waals surface area contributed by atoms with Gasteiger partial charge in [0.25, 0.3) is 0 Å². The summed E-state index contributed by atoms with van der Waals surface area (Å²) in [5, 5.41) is 0. The smallest absolute Gasteiger partial charge is 0.109 e. The zero-order valence-corrected chi connectivity index (χ0v) is 13.5. The van der Waals surface area contributed by atoms with E-state index >= 15 is 0 Å². The van der Waals surface area contributed by atoms with Crippen molar-refractivity contribution in [3.8, 4) is 11.3 Å². The molecule has 1 aromatic heterocycles. The van der Waals surface area contributed by atoms with Crippen LogP contribution < -0.4 is 0 Å². The summed E-state index contributed by atoms with van der Waals surface area (Å²) < 4.78 is 3.28. The molecule has 0 aliphatic carbocycles. The second kappa shape index (κ2) is 6.27. The number of benzene rings is 2. The zero-order chi connectivity index (χ0) is 14.7. The van der Waals surface area contributed by atoms with Gasteiger partial charge in [-0.1, -0.05) is 58.4 Å². The quantitative estimate of drug-likeness (QED) is 0.676. The van der Waals surface area contributed by atoms with Gasteiger partial charge in [-0.15, -0.1) is 0 Å². The van der Waals surface area contributed by atoms with Crippen molar-refractivity contribution in [2.45, 2.75) is 12.8 Å². The van der Waals surface area contributed by atoms with E-state index in [2.05, 4.69) is 81.1 Å². The molecular weight excluding hydrogens is 324 g/mol. The monoisotopic (exact) mass is 340 g/mol. The molecule has 0 aliphatic heterocycles. The fourth-order valence-electron chi connectivity index (χ4n) is 2.50. The number of hydrogen-bond acceptors (Lipinski definition) is 1. The Bertz CT molecular complexity index is 732. The fourth-order valence-corrected chi connectivity index (χ4v) is 2.90. The molecule has 1 heterocycles. The van der Waals surface area contributed by atoms with E-state index in [0.717, 1.165) is 28.8 Å². The van der Waals surface area contributed by atoms with Gasteiger partial charge in [0.2, 0.25) is 0 Å². The molecule has 0 atom stereocenters. The first-order valence-electron chi connectivity index (χ1n) is 7.04. The van der Waals surface area contributed by atoms with Crippen LogP contribution in [0.5, 0.6) is 0 Å². The van der Waals surface area contributed by atoms with Gasteiger partial charge in [0, 0.05) is 23.5 Å². The maximum atomic E-state index is 4.58. The molecule has 3 heteroatoms. The van der Waals surface area contributed by atoms with E-state index in [1.807, 2.05) is 12.3 Å². The highest BCUT2D eigenvalue weighted by atomic mass is 79.9. The summed E-state index contributed by atoms with van der Waals surface area (Å²) in [5.74, 6) is 1.12. The van der Waals surface area contributed by atoms with Crippen molar-refractivity contribution in [2.75, 3.05) is 0 Å². The van der Waals surface area contributed by atoms with Crippen LogP contribution >= 0.6 is 15.9 Å². The molecule has 0 bridgehead atoms. The molecule has 0 spiro atoms. The van der Waals surface area contributed by atoms with E-state index < -0.39 is 0 Å². The molecule has 0 amide bonds. The number of halogens is 1. The lowest BCUT2D eigenvalue weighted by atomic mass is 10.1. The summed E-state index contributed by atoms with van der Waals surface area (Å²) in [4.78, 5) is 4.58. The maximum absolute atomic E-state index is 4.58. The van der Waals surface area contributed by atoms with Crippen molar-refractivity contribution in [3.05, 3.63) is 76.7 Å². The number of aryl methyl sites for hydroxylation is 2. The molecule has 0 radical (unpaired) electrons. The van der Waals surface area contributed by atoms with Gasteiger partial charge in [-0.3, -0.25) is 0 Å². The Morgan fingerprint density at radius 2 is 1.81 bits per heavy atom. The maximum Gasteiger partial charge on any atom is 0.109 e. The highest BCUT2D eigenvalue weighted by Gasteiger charge is 2.08. The Labute approximate surface area is 133 Å². The van der Waals surface area contributed by atoms with E-state index in [0.29, 0.717) is 0 Å². The Balaban J connectivity index is 1.80. The van der Waals surface area contributed by atoms with Gasteiger partial charge in [-0.05, 0) is 24.1 Å². The average molecular weight is 341 g/mol. The second-order valence-electron chi connectivity index (χ2n) is 5.11. The van der Waals surface area contributed by atoms with Gasteiger partial charge in [-0.2, -0.15) is 0 Å². The lowest BCUT2D eigenvalue weighted by Gasteiger charge is -2.07. The van der Waals surface area contributed by atoms with Gasteiger partial charge in [0.05, 0.1) is 11.9 Å². The largest absolute Gasteiger partial charge is 0.331 e. The first kappa shape index (κ1) is 14.1. The van der Waals surface area contributed by atoms with E-state index in [-0.39, 0.29) is 0 Å². The number of hydrogen-bond donors (Lipinski definition) is 0. The highest BCUT2D eigenvalue weighted by Crippen LogP contribution is 2.23. The molecule has 0 saturated heterocycles. The molecule has 0 saturated carbocycles. The standard InChI is InChI=1S/C18H17BrN2/c1-21-17(15-8-5-9-16(19)12-15)13-20-18(21)11-10-14-6-3-2-4-7-14/h2-9,12-13H,10-11H2,1H3. The van der Waals surface area contributed by atoms with Crippen LogP contribution in [0.15, 0.2) is 65.3 Å². The highest BCUT2D eigenvalue weighted by molar-refractivity contribution is 9.10. The first-order chi connectivity index (χ1) is 10.2. The SMILES string of the molecule is Cn1c(-c2cccc(Br)c2)cnc1CCc1ccccc1. The summed E-state index contributed by atoms with van der Waals surface area (Å²) in [6.07, 6.45) is 3.93. The average Bonchev–Trinajstić information content (AvgIpc) is 2.87. The molecule has 3 rings (SSSR count). The number of aromatic nitrogens is 2. The summed E-state index contributed by atoms with van der Waals surface area (Å²) in [6, 6.07) is 18.9. The minimum absolute atomic E-state index is 0.953. The van der Waals surface area contributed by atoms with Gasteiger partial charge < -0.3 is 4.57 Å². The first-order valence-corrected chi connectivity index (χ1v) is 7.84. The van der Waals surface area contributed by atoms with Crippen LogP contribution in [0.3, 0.4) is 0 Å². The van der Waals surface area contributed by atoms with Crippen molar-refractivity contribution in [1.82, 2.24) is 9.55 Å². The molecular formula is C18H17BrN2. The van der Waals surface area contributed by atoms with Crippen molar-refractivity contribution in [1.29, 1.82) is 0 Å². The third-order valence-electron chi connectivity index (χ3n) is 3.68. The topological polar surface area (TPSA) is 17.8 Å². The Kier molecular flexibility index (Phi) is 4.20. The van der Waals surface area contributed by atoms with Crippen LogP contribution in [-0.2, 0) is 19.9 Å². The van der Waals surface area contributed by atoms with Crippen LogP contribution in [-0.4, -0.2) is 9.55 Å². The van der Waals surface area contributed by atoms with Gasteiger partial charge in [0.15, 0.2) is 0 Å². The lowest BCUT2D eigenvalue weighted by Crippen LogP contribution is -2.01. The van der Waals surface area contributed by atoms with Crippen LogP contribution in [0.4, 0.5) is 0 Å².